The van der Waals surface area contributed by atoms with Crippen molar-refractivity contribution in [1.82, 2.24) is 0 Å². The molecule has 1 N–H and O–H groups in total. The van der Waals surface area contributed by atoms with Gasteiger partial charge in [0.2, 0.25) is 5.91 Å². The first-order valence-corrected chi connectivity index (χ1v) is 6.11. The standard InChI is InChI=1S/C13H15F2NO2S/c1-7(2)13(17)16-11-4-8(5-12(19)18-3)9(14)6-10(11)15/h4,6-7H,5H2,1-3H3,(H,16,17). The summed E-state index contributed by atoms with van der Waals surface area (Å²) in [5.74, 6) is -2.18. The summed E-state index contributed by atoms with van der Waals surface area (Å²) in [5, 5.41) is 2.59. The van der Waals surface area contributed by atoms with Crippen LogP contribution in [-0.2, 0) is 16.0 Å². The lowest BCUT2D eigenvalue weighted by Crippen LogP contribution is -2.19. The van der Waals surface area contributed by atoms with Gasteiger partial charge < -0.3 is 10.1 Å². The highest BCUT2D eigenvalue weighted by Crippen LogP contribution is 2.21. The van der Waals surface area contributed by atoms with Crippen LogP contribution in [0.3, 0.4) is 0 Å². The second kappa shape index (κ2) is 6.56. The van der Waals surface area contributed by atoms with Crippen LogP contribution < -0.4 is 5.32 Å². The Morgan fingerprint density at radius 3 is 2.53 bits per heavy atom. The van der Waals surface area contributed by atoms with Crippen molar-refractivity contribution in [2.24, 2.45) is 5.92 Å². The number of nitrogens with one attached hydrogen (secondary N) is 1. The van der Waals surface area contributed by atoms with E-state index in [9.17, 15) is 13.6 Å². The average molecular weight is 287 g/mol. The fraction of sp³-hybridized carbons (Fsp3) is 0.385. The molecule has 3 nitrogen and oxygen atoms in total. The van der Waals surface area contributed by atoms with Crippen molar-refractivity contribution in [3.8, 4) is 0 Å². The zero-order valence-electron chi connectivity index (χ0n) is 10.9. The van der Waals surface area contributed by atoms with Crippen molar-refractivity contribution in [1.29, 1.82) is 0 Å². The van der Waals surface area contributed by atoms with Gasteiger partial charge in [-0.05, 0) is 23.8 Å². The summed E-state index contributed by atoms with van der Waals surface area (Å²) in [5.41, 5.74) is 0.112. The average Bonchev–Trinajstić information content (AvgIpc) is 2.34. The summed E-state index contributed by atoms with van der Waals surface area (Å²) < 4.78 is 31.9. The Bertz CT molecular complexity index is 504. The van der Waals surface area contributed by atoms with E-state index in [1.54, 1.807) is 13.8 Å². The molecule has 0 radical (unpaired) electrons. The number of halogens is 2. The van der Waals surface area contributed by atoms with Gasteiger partial charge in [0.25, 0.3) is 0 Å². The number of benzene rings is 1. The molecule has 1 aromatic carbocycles. The van der Waals surface area contributed by atoms with E-state index in [-0.39, 0.29) is 34.5 Å². The minimum atomic E-state index is -0.821. The molecule has 0 heterocycles. The van der Waals surface area contributed by atoms with Gasteiger partial charge in [0.05, 0.1) is 12.8 Å². The molecule has 0 aromatic heterocycles. The lowest BCUT2D eigenvalue weighted by molar-refractivity contribution is -0.118. The maximum Gasteiger partial charge on any atom is 0.227 e. The van der Waals surface area contributed by atoms with Crippen LogP contribution in [0.1, 0.15) is 19.4 Å². The third-order valence-electron chi connectivity index (χ3n) is 2.48. The van der Waals surface area contributed by atoms with Crippen LogP contribution in [0.15, 0.2) is 12.1 Å². The van der Waals surface area contributed by atoms with Crippen LogP contribution in [0.25, 0.3) is 0 Å². The van der Waals surface area contributed by atoms with Crippen LogP contribution in [0.5, 0.6) is 0 Å². The first-order chi connectivity index (χ1) is 8.85. The maximum atomic E-state index is 13.6. The molecule has 0 unspecified atom stereocenters. The molecule has 0 saturated heterocycles. The van der Waals surface area contributed by atoms with Crippen LogP contribution >= 0.6 is 12.2 Å². The van der Waals surface area contributed by atoms with Crippen molar-refractivity contribution in [3.63, 3.8) is 0 Å². The normalized spacial score (nSPS) is 10.4. The zero-order valence-corrected chi connectivity index (χ0v) is 11.7. The molecule has 0 aliphatic rings. The molecule has 0 aliphatic heterocycles. The van der Waals surface area contributed by atoms with Crippen LogP contribution in [-0.4, -0.2) is 18.1 Å². The van der Waals surface area contributed by atoms with Gasteiger partial charge in [-0.2, -0.15) is 0 Å². The molecule has 104 valence electrons. The Kier molecular flexibility index (Phi) is 5.35. The lowest BCUT2D eigenvalue weighted by atomic mass is 10.1. The van der Waals surface area contributed by atoms with Crippen LogP contribution in [0.4, 0.5) is 14.5 Å². The number of rotatable bonds is 4. The molecule has 1 aromatic rings. The number of ether oxygens (including phenoxy) is 1. The Balaban J connectivity index is 3.02. The van der Waals surface area contributed by atoms with Crippen molar-refractivity contribution >= 4 is 28.9 Å². The molecule has 0 bridgehead atoms. The molecule has 0 aliphatic carbocycles. The highest BCUT2D eigenvalue weighted by atomic mass is 32.1. The predicted molar refractivity (Wildman–Crippen MR) is 73.1 cm³/mol. The smallest absolute Gasteiger partial charge is 0.227 e. The fourth-order valence-electron chi connectivity index (χ4n) is 1.33. The van der Waals surface area contributed by atoms with Crippen molar-refractivity contribution in [3.05, 3.63) is 29.3 Å². The molecule has 0 spiro atoms. The van der Waals surface area contributed by atoms with Gasteiger partial charge >= 0.3 is 0 Å². The van der Waals surface area contributed by atoms with Gasteiger partial charge in [-0.15, -0.1) is 0 Å². The lowest BCUT2D eigenvalue weighted by Gasteiger charge is -2.11. The Morgan fingerprint density at radius 1 is 1.37 bits per heavy atom. The van der Waals surface area contributed by atoms with E-state index in [0.717, 1.165) is 6.07 Å². The SMILES string of the molecule is COC(=S)Cc1cc(NC(=O)C(C)C)c(F)cc1F. The first kappa shape index (κ1) is 15.5. The Labute approximate surface area is 116 Å². The fourth-order valence-corrected chi connectivity index (χ4v) is 1.49. The number of amides is 1. The third-order valence-corrected chi connectivity index (χ3v) is 2.79. The maximum absolute atomic E-state index is 13.6. The third kappa shape index (κ3) is 4.24. The summed E-state index contributed by atoms with van der Waals surface area (Å²) in [7, 11) is 1.38. The monoisotopic (exact) mass is 287 g/mol. The molecule has 19 heavy (non-hydrogen) atoms. The number of methoxy groups -OCH3 is 1. The Morgan fingerprint density at radius 2 is 2.00 bits per heavy atom. The van der Waals surface area contributed by atoms with E-state index in [1.807, 2.05) is 0 Å². The number of carbonyl (C=O) groups excluding carboxylic acids is 1. The largest absolute Gasteiger partial charge is 0.490 e. The second-order valence-electron chi connectivity index (χ2n) is 4.32. The summed E-state index contributed by atoms with van der Waals surface area (Å²) in [6.45, 7) is 3.36. The first-order valence-electron chi connectivity index (χ1n) is 5.70. The van der Waals surface area contributed by atoms with Gasteiger partial charge in [0, 0.05) is 18.4 Å². The zero-order chi connectivity index (χ0) is 14.6. The Hall–Kier alpha value is -1.56. The van der Waals surface area contributed by atoms with E-state index in [2.05, 4.69) is 5.32 Å². The summed E-state index contributed by atoms with van der Waals surface area (Å²) >= 11 is 4.83. The molecule has 0 saturated carbocycles. The van der Waals surface area contributed by atoms with Gasteiger partial charge in [0.1, 0.15) is 11.6 Å². The number of carbonyl (C=O) groups is 1. The minimum Gasteiger partial charge on any atom is -0.490 e. The predicted octanol–water partition coefficient (Wildman–Crippen LogP) is 3.08. The van der Waals surface area contributed by atoms with E-state index in [0.29, 0.717) is 0 Å². The number of hydrogen-bond donors (Lipinski definition) is 1. The number of thiocarbonyl (C=S) groups is 1. The molecular weight excluding hydrogens is 272 g/mol. The summed E-state index contributed by atoms with van der Waals surface area (Å²) in [6.07, 6.45) is 0.0441. The number of hydrogen-bond acceptors (Lipinski definition) is 3. The van der Waals surface area contributed by atoms with Crippen molar-refractivity contribution in [2.45, 2.75) is 20.3 Å². The van der Waals surface area contributed by atoms with Gasteiger partial charge in [0.15, 0.2) is 5.05 Å². The van der Waals surface area contributed by atoms with E-state index in [1.165, 1.54) is 13.2 Å². The molecule has 1 amide bonds. The van der Waals surface area contributed by atoms with E-state index < -0.39 is 11.6 Å². The van der Waals surface area contributed by atoms with Crippen LogP contribution in [0.2, 0.25) is 0 Å². The highest BCUT2D eigenvalue weighted by molar-refractivity contribution is 7.80. The highest BCUT2D eigenvalue weighted by Gasteiger charge is 2.15. The van der Waals surface area contributed by atoms with Gasteiger partial charge in [-0.25, -0.2) is 8.78 Å². The van der Waals surface area contributed by atoms with Crippen molar-refractivity contribution < 1.29 is 18.3 Å². The molecular formula is C13H15F2NO2S. The van der Waals surface area contributed by atoms with Gasteiger partial charge in [-0.1, -0.05) is 13.8 Å². The second-order valence-corrected chi connectivity index (χ2v) is 4.78. The molecule has 0 atom stereocenters. The van der Waals surface area contributed by atoms with Crippen LogP contribution in [0, 0.1) is 17.6 Å². The summed E-state index contributed by atoms with van der Waals surface area (Å²) in [6, 6.07) is 1.96. The van der Waals surface area contributed by atoms with Crippen molar-refractivity contribution in [2.75, 3.05) is 12.4 Å². The quantitative estimate of drug-likeness (QED) is 0.865. The molecule has 1 rings (SSSR count). The topological polar surface area (TPSA) is 38.3 Å². The summed E-state index contributed by atoms with van der Waals surface area (Å²) in [4.78, 5) is 11.5. The molecule has 0 fully saturated rings. The molecule has 6 heteroatoms. The van der Waals surface area contributed by atoms with Gasteiger partial charge in [-0.3, -0.25) is 4.79 Å². The minimum absolute atomic E-state index is 0.0441. The number of anilines is 1. The van der Waals surface area contributed by atoms with E-state index in [4.69, 9.17) is 17.0 Å². The van der Waals surface area contributed by atoms with E-state index >= 15 is 0 Å².